The van der Waals surface area contributed by atoms with Crippen LogP contribution >= 0.6 is 0 Å². The van der Waals surface area contributed by atoms with Crippen LogP contribution in [-0.4, -0.2) is 19.1 Å². The molecule has 0 aliphatic rings. The molecule has 1 aromatic carbocycles. The number of benzene rings is 1. The van der Waals surface area contributed by atoms with Gasteiger partial charge in [-0.3, -0.25) is 4.79 Å². The molecule has 4 nitrogen and oxygen atoms in total. The Kier molecular flexibility index (Phi) is 4.87. The van der Waals surface area contributed by atoms with E-state index in [1.165, 1.54) is 0 Å². The highest BCUT2D eigenvalue weighted by Gasteiger charge is 1.98. The third-order valence-corrected chi connectivity index (χ3v) is 1.92. The maximum absolute atomic E-state index is 10.9. The number of nitrogens with one attached hydrogen (secondary N) is 1. The first kappa shape index (κ1) is 12.1. The van der Waals surface area contributed by atoms with E-state index in [4.69, 9.17) is 10.00 Å². The fraction of sp³-hybridized carbons (Fsp3) is 0.333. The minimum atomic E-state index is -0.268. The molecule has 1 rings (SSSR count). The van der Waals surface area contributed by atoms with Crippen LogP contribution in [-0.2, 0) is 4.79 Å². The Bertz CT molecular complexity index is 396. The SMILES string of the molecule is Cc1cccc(OCCNC(=O)CC#N)c1. The molecule has 0 unspecified atom stereocenters. The van der Waals surface area contributed by atoms with Gasteiger partial charge in [0.2, 0.25) is 5.91 Å². The van der Waals surface area contributed by atoms with Gasteiger partial charge in [-0.15, -0.1) is 0 Å². The molecule has 0 aliphatic heterocycles. The Morgan fingerprint density at radius 3 is 3.06 bits per heavy atom. The summed E-state index contributed by atoms with van der Waals surface area (Å²) in [5.41, 5.74) is 1.13. The molecule has 84 valence electrons. The van der Waals surface area contributed by atoms with Gasteiger partial charge >= 0.3 is 0 Å². The van der Waals surface area contributed by atoms with Crippen molar-refractivity contribution in [2.24, 2.45) is 0 Å². The zero-order valence-corrected chi connectivity index (χ0v) is 9.19. The Morgan fingerprint density at radius 1 is 1.56 bits per heavy atom. The number of hydrogen-bond acceptors (Lipinski definition) is 3. The van der Waals surface area contributed by atoms with E-state index in [9.17, 15) is 4.79 Å². The van der Waals surface area contributed by atoms with E-state index in [0.717, 1.165) is 11.3 Å². The standard InChI is InChI=1S/C12H14N2O2/c1-10-3-2-4-11(9-10)16-8-7-14-12(15)5-6-13/h2-4,9H,5,7-8H2,1H3,(H,14,15). The lowest BCUT2D eigenvalue weighted by Gasteiger charge is -2.07. The maximum atomic E-state index is 10.9. The predicted octanol–water partition coefficient (Wildman–Crippen LogP) is 1.40. The lowest BCUT2D eigenvalue weighted by Crippen LogP contribution is -2.27. The second kappa shape index (κ2) is 6.46. The summed E-state index contributed by atoms with van der Waals surface area (Å²) >= 11 is 0. The Morgan fingerprint density at radius 2 is 2.38 bits per heavy atom. The zero-order chi connectivity index (χ0) is 11.8. The molecular weight excluding hydrogens is 204 g/mol. The molecule has 1 N–H and O–H groups in total. The number of nitriles is 1. The summed E-state index contributed by atoms with van der Waals surface area (Å²) in [5, 5.41) is 10.8. The van der Waals surface area contributed by atoms with Gasteiger partial charge < -0.3 is 10.1 Å². The van der Waals surface area contributed by atoms with Gasteiger partial charge in [0.25, 0.3) is 0 Å². The second-order valence-electron chi connectivity index (χ2n) is 3.35. The number of carbonyl (C=O) groups excluding carboxylic acids is 1. The molecule has 0 aliphatic carbocycles. The average molecular weight is 218 g/mol. The van der Waals surface area contributed by atoms with Gasteiger partial charge in [-0.25, -0.2) is 0 Å². The van der Waals surface area contributed by atoms with Crippen LogP contribution < -0.4 is 10.1 Å². The van der Waals surface area contributed by atoms with Crippen LogP contribution in [0.25, 0.3) is 0 Å². The van der Waals surface area contributed by atoms with Crippen molar-refractivity contribution in [3.63, 3.8) is 0 Å². The molecule has 0 atom stereocenters. The van der Waals surface area contributed by atoms with E-state index in [1.54, 1.807) is 6.07 Å². The molecule has 0 spiro atoms. The first-order valence-electron chi connectivity index (χ1n) is 5.05. The lowest BCUT2D eigenvalue weighted by molar-refractivity contribution is -0.120. The van der Waals surface area contributed by atoms with Crippen molar-refractivity contribution in [2.45, 2.75) is 13.3 Å². The molecule has 4 heteroatoms. The van der Waals surface area contributed by atoms with E-state index >= 15 is 0 Å². The highest BCUT2D eigenvalue weighted by molar-refractivity contribution is 5.77. The minimum absolute atomic E-state index is 0.107. The van der Waals surface area contributed by atoms with Crippen molar-refractivity contribution in [1.82, 2.24) is 5.32 Å². The first-order valence-corrected chi connectivity index (χ1v) is 5.05. The maximum Gasteiger partial charge on any atom is 0.234 e. The summed E-state index contributed by atoms with van der Waals surface area (Å²) in [7, 11) is 0. The summed E-state index contributed by atoms with van der Waals surface area (Å²) < 4.78 is 5.42. The topological polar surface area (TPSA) is 62.1 Å². The summed E-state index contributed by atoms with van der Waals surface area (Å²) in [4.78, 5) is 10.9. The summed E-state index contributed by atoms with van der Waals surface area (Å²) in [6, 6.07) is 9.48. The molecule has 0 fully saturated rings. The minimum Gasteiger partial charge on any atom is -0.492 e. The Balaban J connectivity index is 2.21. The fourth-order valence-corrected chi connectivity index (χ4v) is 1.20. The van der Waals surface area contributed by atoms with Crippen LogP contribution in [0.5, 0.6) is 5.75 Å². The molecule has 0 aromatic heterocycles. The van der Waals surface area contributed by atoms with Gasteiger partial charge in [-0.1, -0.05) is 12.1 Å². The van der Waals surface area contributed by atoms with Crippen LogP contribution in [0.15, 0.2) is 24.3 Å². The number of nitrogens with zero attached hydrogens (tertiary/aromatic N) is 1. The first-order chi connectivity index (χ1) is 7.72. The number of aryl methyl sites for hydroxylation is 1. The molecule has 0 radical (unpaired) electrons. The summed E-state index contributed by atoms with van der Waals surface area (Å²) in [5.74, 6) is 0.518. The van der Waals surface area contributed by atoms with E-state index in [2.05, 4.69) is 5.32 Å². The second-order valence-corrected chi connectivity index (χ2v) is 3.35. The van der Waals surface area contributed by atoms with E-state index in [0.29, 0.717) is 13.2 Å². The van der Waals surface area contributed by atoms with Crippen molar-refractivity contribution < 1.29 is 9.53 Å². The fourth-order valence-electron chi connectivity index (χ4n) is 1.20. The van der Waals surface area contributed by atoms with Crippen LogP contribution in [0.4, 0.5) is 0 Å². The van der Waals surface area contributed by atoms with Crippen LogP contribution in [0.3, 0.4) is 0 Å². The predicted molar refractivity (Wildman–Crippen MR) is 59.9 cm³/mol. The van der Waals surface area contributed by atoms with Gasteiger partial charge in [0.15, 0.2) is 0 Å². The molecule has 1 aromatic rings. The molecule has 1 amide bonds. The van der Waals surface area contributed by atoms with E-state index in [-0.39, 0.29) is 12.3 Å². The normalized spacial score (nSPS) is 9.25. The van der Waals surface area contributed by atoms with Crippen molar-refractivity contribution in [3.05, 3.63) is 29.8 Å². The van der Waals surface area contributed by atoms with Crippen LogP contribution in [0, 0.1) is 18.3 Å². The summed E-state index contributed by atoms with van der Waals surface area (Å²) in [6.45, 7) is 2.80. The largest absolute Gasteiger partial charge is 0.492 e. The van der Waals surface area contributed by atoms with Crippen molar-refractivity contribution in [1.29, 1.82) is 5.26 Å². The Hall–Kier alpha value is -2.02. The smallest absolute Gasteiger partial charge is 0.234 e. The zero-order valence-electron chi connectivity index (χ0n) is 9.19. The highest BCUT2D eigenvalue weighted by Crippen LogP contribution is 2.11. The highest BCUT2D eigenvalue weighted by atomic mass is 16.5. The lowest BCUT2D eigenvalue weighted by atomic mass is 10.2. The van der Waals surface area contributed by atoms with Crippen molar-refractivity contribution >= 4 is 5.91 Å². The molecule has 0 saturated carbocycles. The van der Waals surface area contributed by atoms with Crippen molar-refractivity contribution in [2.75, 3.05) is 13.2 Å². The molecular formula is C12H14N2O2. The van der Waals surface area contributed by atoms with Gasteiger partial charge in [0, 0.05) is 0 Å². The van der Waals surface area contributed by atoms with Gasteiger partial charge in [-0.05, 0) is 24.6 Å². The molecule has 0 bridgehead atoms. The number of ether oxygens (including phenoxy) is 1. The number of amides is 1. The van der Waals surface area contributed by atoms with E-state index in [1.807, 2.05) is 31.2 Å². The monoisotopic (exact) mass is 218 g/mol. The quantitative estimate of drug-likeness (QED) is 0.760. The number of hydrogen-bond donors (Lipinski definition) is 1. The van der Waals surface area contributed by atoms with Gasteiger partial charge in [0.05, 0.1) is 12.6 Å². The van der Waals surface area contributed by atoms with Gasteiger partial charge in [0.1, 0.15) is 18.8 Å². The molecule has 16 heavy (non-hydrogen) atoms. The third-order valence-electron chi connectivity index (χ3n) is 1.92. The summed E-state index contributed by atoms with van der Waals surface area (Å²) in [6.07, 6.45) is -0.107. The van der Waals surface area contributed by atoms with E-state index < -0.39 is 0 Å². The van der Waals surface area contributed by atoms with Crippen LogP contribution in [0.2, 0.25) is 0 Å². The number of rotatable bonds is 5. The molecule has 0 saturated heterocycles. The molecule has 0 heterocycles. The van der Waals surface area contributed by atoms with Gasteiger partial charge in [-0.2, -0.15) is 5.26 Å². The van der Waals surface area contributed by atoms with Crippen molar-refractivity contribution in [3.8, 4) is 11.8 Å². The Labute approximate surface area is 94.8 Å². The third kappa shape index (κ3) is 4.47. The number of carbonyl (C=O) groups is 1. The average Bonchev–Trinajstić information content (AvgIpc) is 2.25. The van der Waals surface area contributed by atoms with Crippen LogP contribution in [0.1, 0.15) is 12.0 Å².